The van der Waals surface area contributed by atoms with E-state index in [9.17, 15) is 10.2 Å². The van der Waals surface area contributed by atoms with E-state index in [0.717, 1.165) is 0 Å². The molecule has 1 aliphatic heterocycles. The van der Waals surface area contributed by atoms with Crippen LogP contribution in [0.5, 0.6) is 0 Å². The Hall–Kier alpha value is -0.280. The van der Waals surface area contributed by atoms with Crippen molar-refractivity contribution in [2.45, 2.75) is 30.6 Å². The molecule has 0 saturated carbocycles. The molecule has 1 rings (SSSR count). The molecule has 0 spiro atoms. The summed E-state index contributed by atoms with van der Waals surface area (Å²) in [6.07, 6.45) is -5.26. The second kappa shape index (κ2) is 4.29. The Labute approximate surface area is 74.1 Å². The molecule has 1 heterocycles. The van der Waals surface area contributed by atoms with Crippen molar-refractivity contribution < 1.29 is 30.4 Å². The number of hydroxylamine groups is 1. The summed E-state index contributed by atoms with van der Waals surface area (Å²) in [6, 6.07) is -1.18. The van der Waals surface area contributed by atoms with Gasteiger partial charge in [-0.2, -0.15) is 5.48 Å². The first kappa shape index (κ1) is 10.8. The first-order valence-electron chi connectivity index (χ1n) is 3.82. The minimum absolute atomic E-state index is 0.520. The van der Waals surface area contributed by atoms with Crippen molar-refractivity contribution in [1.82, 2.24) is 5.48 Å². The van der Waals surface area contributed by atoms with Crippen molar-refractivity contribution >= 4 is 0 Å². The van der Waals surface area contributed by atoms with Crippen LogP contribution in [0, 0.1) is 0 Å². The predicted octanol–water partition coefficient (Wildman–Crippen LogP) is -3.23. The minimum Gasteiger partial charge on any atom is -0.394 e. The van der Waals surface area contributed by atoms with Gasteiger partial charge in [-0.3, -0.25) is 0 Å². The minimum atomic E-state index is -1.47. The van der Waals surface area contributed by atoms with Gasteiger partial charge in [0.25, 0.3) is 0 Å². The number of nitrogens with one attached hydrogen (secondary N) is 1. The van der Waals surface area contributed by atoms with Gasteiger partial charge in [0.2, 0.25) is 0 Å². The Morgan fingerprint density at radius 3 is 2.23 bits per heavy atom. The summed E-state index contributed by atoms with van der Waals surface area (Å²) in [5, 5.41) is 44.8. The fourth-order valence-electron chi connectivity index (χ4n) is 1.24. The van der Waals surface area contributed by atoms with E-state index < -0.39 is 37.3 Å². The number of hydrogen-bond donors (Lipinski definition) is 6. The fraction of sp³-hybridized carbons (Fsp3) is 1.00. The highest BCUT2D eigenvalue weighted by Crippen LogP contribution is 2.18. The van der Waals surface area contributed by atoms with Gasteiger partial charge >= 0.3 is 0 Å². The molecular weight excluding hydrogens is 182 g/mol. The molecule has 0 aromatic heterocycles. The normalized spacial score (nSPS) is 46.4. The fourth-order valence-corrected chi connectivity index (χ4v) is 1.24. The van der Waals surface area contributed by atoms with E-state index in [1.54, 1.807) is 5.48 Å². The molecule has 6 N–H and O–H groups in total. The third-order valence-electron chi connectivity index (χ3n) is 2.05. The molecule has 78 valence electrons. The maximum atomic E-state index is 9.29. The van der Waals surface area contributed by atoms with Crippen LogP contribution < -0.4 is 5.48 Å². The molecule has 1 saturated heterocycles. The molecule has 0 aromatic carbocycles. The standard InChI is InChI=1S/C6H13NO6/c8-1-2-4(9)5(10)3(7-12)6(11)13-2/h2-12H,1H2/t2-,3-,4-,5-,6-/m1/s1. The number of hydrogen-bond acceptors (Lipinski definition) is 7. The zero-order valence-electron chi connectivity index (χ0n) is 6.74. The van der Waals surface area contributed by atoms with Gasteiger partial charge in [0.1, 0.15) is 24.4 Å². The number of ether oxygens (including phenoxy) is 1. The van der Waals surface area contributed by atoms with Crippen LogP contribution in [-0.2, 0) is 4.74 Å². The molecular formula is C6H13NO6. The Kier molecular flexibility index (Phi) is 3.56. The molecule has 0 unspecified atom stereocenters. The van der Waals surface area contributed by atoms with Crippen LogP contribution in [0.1, 0.15) is 0 Å². The third kappa shape index (κ3) is 1.97. The summed E-state index contributed by atoms with van der Waals surface area (Å²) in [5.74, 6) is 0. The molecule has 0 bridgehead atoms. The first-order chi connectivity index (χ1) is 6.11. The highest BCUT2D eigenvalue weighted by Gasteiger charge is 2.43. The topological polar surface area (TPSA) is 122 Å². The van der Waals surface area contributed by atoms with Gasteiger partial charge < -0.3 is 30.4 Å². The van der Waals surface area contributed by atoms with Crippen molar-refractivity contribution in [2.75, 3.05) is 6.61 Å². The van der Waals surface area contributed by atoms with Crippen molar-refractivity contribution in [2.24, 2.45) is 0 Å². The molecule has 0 amide bonds. The summed E-state index contributed by atoms with van der Waals surface area (Å²) in [4.78, 5) is 0. The first-order valence-corrected chi connectivity index (χ1v) is 3.82. The summed E-state index contributed by atoms with van der Waals surface area (Å²) in [5.41, 5.74) is 1.61. The van der Waals surface area contributed by atoms with Gasteiger partial charge in [0.05, 0.1) is 6.61 Å². The summed E-state index contributed by atoms with van der Waals surface area (Å²) in [7, 11) is 0. The molecule has 7 heteroatoms. The lowest BCUT2D eigenvalue weighted by molar-refractivity contribution is -0.265. The van der Waals surface area contributed by atoms with E-state index in [4.69, 9.17) is 20.2 Å². The average Bonchev–Trinajstić information content (AvgIpc) is 2.12. The number of aliphatic hydroxyl groups excluding tert-OH is 4. The van der Waals surface area contributed by atoms with Crippen LogP contribution in [0.15, 0.2) is 0 Å². The molecule has 1 fully saturated rings. The highest BCUT2D eigenvalue weighted by atomic mass is 16.6. The average molecular weight is 195 g/mol. The predicted molar refractivity (Wildman–Crippen MR) is 38.7 cm³/mol. The van der Waals surface area contributed by atoms with Gasteiger partial charge in [-0.05, 0) is 0 Å². The van der Waals surface area contributed by atoms with E-state index in [1.807, 2.05) is 0 Å². The van der Waals surface area contributed by atoms with Crippen LogP contribution >= 0.6 is 0 Å². The van der Waals surface area contributed by atoms with Crippen LogP contribution in [-0.4, -0.2) is 62.9 Å². The van der Waals surface area contributed by atoms with Crippen LogP contribution in [0.25, 0.3) is 0 Å². The molecule has 0 aromatic rings. The largest absolute Gasteiger partial charge is 0.394 e. The highest BCUT2D eigenvalue weighted by molar-refractivity contribution is 4.90. The van der Waals surface area contributed by atoms with Gasteiger partial charge in [0, 0.05) is 0 Å². The Balaban J connectivity index is 2.66. The number of aliphatic hydroxyl groups is 4. The van der Waals surface area contributed by atoms with Gasteiger partial charge in [-0.15, -0.1) is 0 Å². The van der Waals surface area contributed by atoms with Crippen LogP contribution in [0.2, 0.25) is 0 Å². The maximum absolute atomic E-state index is 9.29. The quantitative estimate of drug-likeness (QED) is 0.256. The van der Waals surface area contributed by atoms with Crippen molar-refractivity contribution in [3.05, 3.63) is 0 Å². The lowest BCUT2D eigenvalue weighted by atomic mass is 9.98. The monoisotopic (exact) mass is 195 g/mol. The van der Waals surface area contributed by atoms with E-state index >= 15 is 0 Å². The van der Waals surface area contributed by atoms with Gasteiger partial charge in [-0.25, -0.2) is 0 Å². The summed E-state index contributed by atoms with van der Waals surface area (Å²) >= 11 is 0. The van der Waals surface area contributed by atoms with Gasteiger partial charge in [-0.1, -0.05) is 0 Å². The second-order valence-electron chi connectivity index (χ2n) is 2.88. The van der Waals surface area contributed by atoms with E-state index in [2.05, 4.69) is 0 Å². The van der Waals surface area contributed by atoms with E-state index in [1.165, 1.54) is 0 Å². The Bertz CT molecular complexity index is 167. The second-order valence-corrected chi connectivity index (χ2v) is 2.88. The summed E-state index contributed by atoms with van der Waals surface area (Å²) in [6.45, 7) is -0.520. The molecule has 7 nitrogen and oxygen atoms in total. The summed E-state index contributed by atoms with van der Waals surface area (Å²) < 4.78 is 4.69. The Morgan fingerprint density at radius 1 is 1.15 bits per heavy atom. The van der Waals surface area contributed by atoms with Crippen LogP contribution in [0.3, 0.4) is 0 Å². The molecule has 0 radical (unpaired) electrons. The van der Waals surface area contributed by atoms with Gasteiger partial charge in [0.15, 0.2) is 6.29 Å². The smallest absolute Gasteiger partial charge is 0.175 e. The zero-order valence-corrected chi connectivity index (χ0v) is 6.74. The number of rotatable bonds is 2. The van der Waals surface area contributed by atoms with Crippen molar-refractivity contribution in [1.29, 1.82) is 0 Å². The van der Waals surface area contributed by atoms with E-state index in [-0.39, 0.29) is 0 Å². The SMILES string of the molecule is OC[C@H]1O[C@@H](O)[C@H](NO)[C@@H](O)[C@@H]1O. The van der Waals surface area contributed by atoms with Crippen molar-refractivity contribution in [3.8, 4) is 0 Å². The van der Waals surface area contributed by atoms with Crippen LogP contribution in [0.4, 0.5) is 0 Å². The van der Waals surface area contributed by atoms with Crippen molar-refractivity contribution in [3.63, 3.8) is 0 Å². The Morgan fingerprint density at radius 2 is 1.77 bits per heavy atom. The molecule has 0 aliphatic carbocycles. The maximum Gasteiger partial charge on any atom is 0.175 e. The molecule has 13 heavy (non-hydrogen) atoms. The molecule has 5 atom stereocenters. The lowest BCUT2D eigenvalue weighted by Crippen LogP contribution is -2.62. The van der Waals surface area contributed by atoms with E-state index in [0.29, 0.717) is 0 Å². The molecule has 1 aliphatic rings. The third-order valence-corrected chi connectivity index (χ3v) is 2.05. The lowest BCUT2D eigenvalue weighted by Gasteiger charge is -2.39. The zero-order chi connectivity index (χ0) is 10.0.